The average molecular weight is 267 g/mol. The molecule has 5 heteroatoms. The molecule has 5 nitrogen and oxygen atoms in total. The summed E-state index contributed by atoms with van der Waals surface area (Å²) in [5.41, 5.74) is 6.08. The van der Waals surface area contributed by atoms with E-state index in [1.807, 2.05) is 0 Å². The Morgan fingerprint density at radius 2 is 1.95 bits per heavy atom. The first kappa shape index (κ1) is 14.3. The number of carbonyl (C=O) groups excluding carboxylic acids is 2. The molecule has 1 saturated carbocycles. The van der Waals surface area contributed by atoms with E-state index in [0.717, 1.165) is 32.1 Å². The second-order valence-electron chi connectivity index (χ2n) is 5.86. The molecule has 0 bridgehead atoms. The molecule has 2 aliphatic rings. The van der Waals surface area contributed by atoms with Crippen LogP contribution in [0.25, 0.3) is 0 Å². The smallest absolute Gasteiger partial charge is 0.242 e. The van der Waals surface area contributed by atoms with Gasteiger partial charge in [0.1, 0.15) is 6.04 Å². The number of hydrogen-bond donors (Lipinski definition) is 2. The van der Waals surface area contributed by atoms with Crippen molar-refractivity contribution in [3.05, 3.63) is 0 Å². The highest BCUT2D eigenvalue weighted by Crippen LogP contribution is 2.32. The number of hydrogen-bond acceptors (Lipinski definition) is 3. The molecule has 2 fully saturated rings. The molecule has 0 spiro atoms. The van der Waals surface area contributed by atoms with Gasteiger partial charge in [0.15, 0.2) is 0 Å². The Labute approximate surface area is 114 Å². The SMILES string of the molecule is CNC(=O)C1CCCN1C(=O)C1CCCC(N)C1C. The number of likely N-dealkylation sites (N-methyl/N-ethyl adjacent to an activating group) is 1. The Bertz CT molecular complexity index is 359. The van der Waals surface area contributed by atoms with E-state index in [2.05, 4.69) is 12.2 Å². The Kier molecular flexibility index (Phi) is 4.45. The molecule has 4 unspecified atom stereocenters. The number of nitrogens with one attached hydrogen (secondary N) is 1. The van der Waals surface area contributed by atoms with Crippen LogP contribution in [0.5, 0.6) is 0 Å². The normalized spacial score (nSPS) is 35.2. The van der Waals surface area contributed by atoms with Gasteiger partial charge in [-0.3, -0.25) is 9.59 Å². The lowest BCUT2D eigenvalue weighted by atomic mass is 9.76. The van der Waals surface area contributed by atoms with E-state index < -0.39 is 0 Å². The van der Waals surface area contributed by atoms with Crippen molar-refractivity contribution >= 4 is 11.8 Å². The minimum atomic E-state index is -0.275. The molecule has 4 atom stereocenters. The summed E-state index contributed by atoms with van der Waals surface area (Å²) in [5, 5.41) is 2.66. The Hall–Kier alpha value is -1.10. The van der Waals surface area contributed by atoms with Crippen molar-refractivity contribution in [2.45, 2.75) is 51.1 Å². The number of carbonyl (C=O) groups is 2. The number of nitrogens with zero attached hydrogens (tertiary/aromatic N) is 1. The van der Waals surface area contributed by atoms with E-state index in [1.54, 1.807) is 11.9 Å². The Morgan fingerprint density at radius 3 is 2.63 bits per heavy atom. The van der Waals surface area contributed by atoms with Gasteiger partial charge in [0.05, 0.1) is 0 Å². The number of rotatable bonds is 2. The number of nitrogens with two attached hydrogens (primary N) is 1. The van der Waals surface area contributed by atoms with Crippen LogP contribution in [0.2, 0.25) is 0 Å². The third-order valence-corrected chi connectivity index (χ3v) is 4.76. The molecule has 0 aromatic carbocycles. The van der Waals surface area contributed by atoms with Crippen LogP contribution in [0.4, 0.5) is 0 Å². The lowest BCUT2D eigenvalue weighted by Crippen LogP contribution is -2.50. The summed E-state index contributed by atoms with van der Waals surface area (Å²) in [4.78, 5) is 26.3. The highest BCUT2D eigenvalue weighted by atomic mass is 16.2. The lowest BCUT2D eigenvalue weighted by Gasteiger charge is -2.36. The second-order valence-corrected chi connectivity index (χ2v) is 5.86. The average Bonchev–Trinajstić information content (AvgIpc) is 2.89. The lowest BCUT2D eigenvalue weighted by molar-refractivity contribution is -0.143. The summed E-state index contributed by atoms with van der Waals surface area (Å²) in [6.45, 7) is 2.77. The molecular formula is C14H25N3O2. The minimum absolute atomic E-state index is 0.00555. The standard InChI is InChI=1S/C14H25N3O2/c1-9-10(5-3-6-11(9)15)14(19)17-8-4-7-12(17)13(18)16-2/h9-12H,3-8,15H2,1-2H3,(H,16,18). The molecule has 0 aromatic heterocycles. The fraction of sp³-hybridized carbons (Fsp3) is 0.857. The first-order chi connectivity index (χ1) is 9.06. The maximum Gasteiger partial charge on any atom is 0.242 e. The van der Waals surface area contributed by atoms with Crippen molar-refractivity contribution in [2.75, 3.05) is 13.6 Å². The van der Waals surface area contributed by atoms with Crippen LogP contribution in [-0.2, 0) is 9.59 Å². The maximum absolute atomic E-state index is 12.7. The van der Waals surface area contributed by atoms with E-state index in [0.29, 0.717) is 6.54 Å². The van der Waals surface area contributed by atoms with Crippen molar-refractivity contribution in [3.63, 3.8) is 0 Å². The van der Waals surface area contributed by atoms with Crippen molar-refractivity contribution in [2.24, 2.45) is 17.6 Å². The highest BCUT2D eigenvalue weighted by molar-refractivity contribution is 5.89. The van der Waals surface area contributed by atoms with Crippen LogP contribution in [0.3, 0.4) is 0 Å². The van der Waals surface area contributed by atoms with Gasteiger partial charge in [-0.05, 0) is 31.6 Å². The predicted molar refractivity (Wildman–Crippen MR) is 73.3 cm³/mol. The first-order valence-electron chi connectivity index (χ1n) is 7.34. The Morgan fingerprint density at radius 1 is 1.21 bits per heavy atom. The van der Waals surface area contributed by atoms with E-state index in [1.165, 1.54) is 0 Å². The van der Waals surface area contributed by atoms with E-state index >= 15 is 0 Å². The van der Waals surface area contributed by atoms with E-state index in [4.69, 9.17) is 5.73 Å². The molecule has 0 aromatic rings. The summed E-state index contributed by atoms with van der Waals surface area (Å²) in [6.07, 6.45) is 4.62. The topological polar surface area (TPSA) is 75.4 Å². The van der Waals surface area contributed by atoms with Crippen LogP contribution < -0.4 is 11.1 Å². The van der Waals surface area contributed by atoms with Crippen LogP contribution in [-0.4, -0.2) is 42.4 Å². The van der Waals surface area contributed by atoms with Gasteiger partial charge < -0.3 is 16.0 Å². The fourth-order valence-electron chi connectivity index (χ4n) is 3.43. The third kappa shape index (κ3) is 2.76. The monoisotopic (exact) mass is 267 g/mol. The van der Waals surface area contributed by atoms with E-state index in [9.17, 15) is 9.59 Å². The van der Waals surface area contributed by atoms with Crippen molar-refractivity contribution in [1.29, 1.82) is 0 Å². The maximum atomic E-state index is 12.7. The molecule has 1 aliphatic carbocycles. The van der Waals surface area contributed by atoms with Gasteiger partial charge in [0, 0.05) is 25.6 Å². The molecule has 1 aliphatic heterocycles. The molecule has 2 amide bonds. The summed E-state index contributed by atoms with van der Waals surface area (Å²) >= 11 is 0. The zero-order valence-electron chi connectivity index (χ0n) is 11.9. The van der Waals surface area contributed by atoms with Gasteiger partial charge in [0.2, 0.25) is 11.8 Å². The molecule has 2 rings (SSSR count). The van der Waals surface area contributed by atoms with Crippen molar-refractivity contribution in [1.82, 2.24) is 10.2 Å². The van der Waals surface area contributed by atoms with Gasteiger partial charge in [0.25, 0.3) is 0 Å². The van der Waals surface area contributed by atoms with Gasteiger partial charge in [-0.2, -0.15) is 0 Å². The van der Waals surface area contributed by atoms with Crippen LogP contribution in [0, 0.1) is 11.8 Å². The van der Waals surface area contributed by atoms with Crippen LogP contribution in [0.1, 0.15) is 39.0 Å². The van der Waals surface area contributed by atoms with Crippen LogP contribution >= 0.6 is 0 Å². The van der Waals surface area contributed by atoms with Crippen molar-refractivity contribution in [3.8, 4) is 0 Å². The first-order valence-corrected chi connectivity index (χ1v) is 7.34. The summed E-state index contributed by atoms with van der Waals surface area (Å²) in [6, 6.07) is -0.161. The highest BCUT2D eigenvalue weighted by Gasteiger charge is 2.40. The van der Waals surface area contributed by atoms with Crippen molar-refractivity contribution < 1.29 is 9.59 Å². The molecular weight excluding hydrogens is 242 g/mol. The number of likely N-dealkylation sites (tertiary alicyclic amines) is 1. The molecule has 0 radical (unpaired) electrons. The zero-order chi connectivity index (χ0) is 14.0. The molecule has 108 valence electrons. The largest absolute Gasteiger partial charge is 0.357 e. The fourth-order valence-corrected chi connectivity index (χ4v) is 3.43. The molecule has 1 saturated heterocycles. The van der Waals surface area contributed by atoms with Gasteiger partial charge in [-0.1, -0.05) is 13.3 Å². The predicted octanol–water partition coefficient (Wildman–Crippen LogP) is 0.487. The summed E-state index contributed by atoms with van der Waals surface area (Å²) in [5.74, 6) is 0.300. The van der Waals surface area contributed by atoms with E-state index in [-0.39, 0.29) is 35.7 Å². The molecule has 3 N–H and O–H groups in total. The van der Waals surface area contributed by atoms with Gasteiger partial charge >= 0.3 is 0 Å². The third-order valence-electron chi connectivity index (χ3n) is 4.76. The molecule has 1 heterocycles. The number of amides is 2. The summed E-state index contributed by atoms with van der Waals surface area (Å²) in [7, 11) is 1.63. The quantitative estimate of drug-likeness (QED) is 0.764. The molecule has 19 heavy (non-hydrogen) atoms. The minimum Gasteiger partial charge on any atom is -0.357 e. The second kappa shape index (κ2) is 5.90. The van der Waals surface area contributed by atoms with Gasteiger partial charge in [-0.15, -0.1) is 0 Å². The van der Waals surface area contributed by atoms with Crippen LogP contribution in [0.15, 0.2) is 0 Å². The van der Waals surface area contributed by atoms with Gasteiger partial charge in [-0.25, -0.2) is 0 Å². The summed E-state index contributed by atoms with van der Waals surface area (Å²) < 4.78 is 0. The zero-order valence-corrected chi connectivity index (χ0v) is 11.9. The Balaban J connectivity index is 2.08.